The van der Waals surface area contributed by atoms with E-state index in [0.717, 1.165) is 43.5 Å². The molecular weight excluding hydrogens is 350 g/mol. The molecule has 1 aromatic rings. The summed E-state index contributed by atoms with van der Waals surface area (Å²) in [6.07, 6.45) is 11.7. The van der Waals surface area contributed by atoms with Gasteiger partial charge in [-0.25, -0.2) is 0 Å². The number of rotatable bonds is 7. The summed E-state index contributed by atoms with van der Waals surface area (Å²) >= 11 is 0. The molecule has 2 fully saturated rings. The van der Waals surface area contributed by atoms with E-state index >= 15 is 0 Å². The summed E-state index contributed by atoms with van der Waals surface area (Å²) in [6.45, 7) is 11.3. The van der Waals surface area contributed by atoms with Crippen LogP contribution < -0.4 is 10.6 Å². The van der Waals surface area contributed by atoms with E-state index in [2.05, 4.69) is 27.6 Å². The quantitative estimate of drug-likeness (QED) is 0.551. The highest BCUT2D eigenvalue weighted by atomic mass is 16.5. The Morgan fingerprint density at radius 2 is 1.79 bits per heavy atom. The summed E-state index contributed by atoms with van der Waals surface area (Å²) in [6, 6.07) is 0. The van der Waals surface area contributed by atoms with Gasteiger partial charge < -0.3 is 15.2 Å². The highest BCUT2D eigenvalue weighted by Crippen LogP contribution is 2.35. The highest BCUT2D eigenvalue weighted by Gasteiger charge is 2.38. The van der Waals surface area contributed by atoms with Gasteiger partial charge in [0, 0.05) is 24.2 Å². The third kappa shape index (κ3) is 5.28. The van der Waals surface area contributed by atoms with Gasteiger partial charge in [0.2, 0.25) is 0 Å². The lowest BCUT2D eigenvalue weighted by Crippen LogP contribution is -2.54. The molecule has 6 nitrogen and oxygen atoms in total. The van der Waals surface area contributed by atoms with Crippen LogP contribution in [0.4, 0.5) is 0 Å². The molecule has 0 radical (unpaired) electrons. The fourth-order valence-corrected chi connectivity index (χ4v) is 4.89. The molecule has 2 N–H and O–H groups in total. The van der Waals surface area contributed by atoms with E-state index in [1.54, 1.807) is 0 Å². The number of likely N-dealkylation sites (tertiary alicyclic amines) is 1. The summed E-state index contributed by atoms with van der Waals surface area (Å²) < 4.78 is 5.28. The predicted octanol–water partition coefficient (Wildman–Crippen LogP) is 3.58. The van der Waals surface area contributed by atoms with Gasteiger partial charge in [0.25, 0.3) is 0 Å². The second kappa shape index (κ2) is 10.3. The van der Waals surface area contributed by atoms with Crippen LogP contribution in [0.1, 0.15) is 75.3 Å². The van der Waals surface area contributed by atoms with Crippen molar-refractivity contribution in [2.75, 3.05) is 32.7 Å². The Kier molecular flexibility index (Phi) is 7.77. The van der Waals surface area contributed by atoms with Gasteiger partial charge in [0.15, 0.2) is 5.96 Å². The molecule has 1 aliphatic carbocycles. The normalized spacial score (nSPS) is 20.9. The summed E-state index contributed by atoms with van der Waals surface area (Å²) in [5, 5.41) is 11.0. The van der Waals surface area contributed by atoms with Gasteiger partial charge in [-0.15, -0.1) is 0 Å². The average Bonchev–Trinajstić information content (AvgIpc) is 3.05. The molecule has 6 heteroatoms. The summed E-state index contributed by atoms with van der Waals surface area (Å²) in [5.41, 5.74) is 2.48. The zero-order valence-electron chi connectivity index (χ0n) is 18.1. The molecule has 1 saturated heterocycles. The van der Waals surface area contributed by atoms with Gasteiger partial charge in [-0.3, -0.25) is 9.89 Å². The fraction of sp³-hybridized carbons (Fsp3) is 0.818. The van der Waals surface area contributed by atoms with Crippen LogP contribution in [0.25, 0.3) is 0 Å². The van der Waals surface area contributed by atoms with Gasteiger partial charge in [0.05, 0.1) is 12.2 Å². The minimum absolute atomic E-state index is 0.280. The van der Waals surface area contributed by atoms with Gasteiger partial charge >= 0.3 is 0 Å². The molecule has 0 spiro atoms. The zero-order chi connectivity index (χ0) is 19.8. The number of nitrogens with one attached hydrogen (secondary N) is 2. The largest absolute Gasteiger partial charge is 0.361 e. The number of piperidine rings is 1. The van der Waals surface area contributed by atoms with Crippen LogP contribution in [-0.2, 0) is 6.42 Å². The molecule has 1 aromatic heterocycles. The number of hydrogen-bond acceptors (Lipinski definition) is 4. The van der Waals surface area contributed by atoms with E-state index in [4.69, 9.17) is 9.52 Å². The van der Waals surface area contributed by atoms with Gasteiger partial charge in [-0.1, -0.05) is 30.8 Å². The number of guanidine groups is 1. The standard InChI is InChI=1S/C22H39N5O/c1-4-23-21(24-14-11-20-18(2)26-28-19(20)3)25-17-22(12-7-5-8-13-22)27-15-9-6-10-16-27/h4-17H2,1-3H3,(H2,23,24,25). The maximum absolute atomic E-state index is 5.28. The minimum atomic E-state index is 0.280. The van der Waals surface area contributed by atoms with Crippen LogP contribution in [0.5, 0.6) is 0 Å². The summed E-state index contributed by atoms with van der Waals surface area (Å²) in [7, 11) is 0. The van der Waals surface area contributed by atoms with Crippen LogP contribution in [0.15, 0.2) is 9.52 Å². The topological polar surface area (TPSA) is 65.7 Å². The first-order valence-electron chi connectivity index (χ1n) is 11.3. The summed E-state index contributed by atoms with van der Waals surface area (Å²) in [4.78, 5) is 7.83. The smallest absolute Gasteiger partial charge is 0.191 e. The monoisotopic (exact) mass is 389 g/mol. The number of nitrogens with zero attached hydrogens (tertiary/aromatic N) is 3. The van der Waals surface area contributed by atoms with Crippen molar-refractivity contribution in [3.63, 3.8) is 0 Å². The maximum atomic E-state index is 5.28. The Morgan fingerprint density at radius 1 is 1.07 bits per heavy atom. The van der Waals surface area contributed by atoms with Crippen molar-refractivity contribution < 1.29 is 4.52 Å². The average molecular weight is 390 g/mol. The second-order valence-corrected chi connectivity index (χ2v) is 8.51. The lowest BCUT2D eigenvalue weighted by Gasteiger charge is -2.47. The molecule has 28 heavy (non-hydrogen) atoms. The highest BCUT2D eigenvalue weighted by molar-refractivity contribution is 5.79. The van der Waals surface area contributed by atoms with Crippen molar-refractivity contribution >= 4 is 5.96 Å². The van der Waals surface area contributed by atoms with Crippen molar-refractivity contribution in [3.05, 3.63) is 17.0 Å². The zero-order valence-corrected chi connectivity index (χ0v) is 18.1. The Morgan fingerprint density at radius 3 is 2.43 bits per heavy atom. The van der Waals surface area contributed by atoms with Crippen molar-refractivity contribution in [3.8, 4) is 0 Å². The van der Waals surface area contributed by atoms with E-state index in [9.17, 15) is 0 Å². The number of aryl methyl sites for hydroxylation is 2. The molecule has 0 bridgehead atoms. The van der Waals surface area contributed by atoms with Crippen LogP contribution in [-0.4, -0.2) is 54.3 Å². The molecule has 3 rings (SSSR count). The fourth-order valence-electron chi connectivity index (χ4n) is 4.89. The molecule has 2 heterocycles. The molecular formula is C22H39N5O. The molecule has 0 aromatic carbocycles. The molecule has 1 aliphatic heterocycles. The summed E-state index contributed by atoms with van der Waals surface area (Å²) in [5.74, 6) is 1.86. The maximum Gasteiger partial charge on any atom is 0.191 e. The van der Waals surface area contributed by atoms with Gasteiger partial charge in [-0.05, 0) is 66.0 Å². The van der Waals surface area contributed by atoms with E-state index in [1.165, 1.54) is 70.0 Å². The molecule has 1 saturated carbocycles. The molecule has 0 atom stereocenters. The second-order valence-electron chi connectivity index (χ2n) is 8.51. The Labute approximate surface area is 170 Å². The SMILES string of the molecule is CCNC(=NCC1(N2CCCCC2)CCCCC1)NCCc1c(C)noc1C. The Bertz CT molecular complexity index is 607. The van der Waals surface area contributed by atoms with Crippen molar-refractivity contribution in [2.45, 2.75) is 84.1 Å². The van der Waals surface area contributed by atoms with Crippen LogP contribution in [0.2, 0.25) is 0 Å². The van der Waals surface area contributed by atoms with E-state index in [0.29, 0.717) is 0 Å². The third-order valence-electron chi connectivity index (χ3n) is 6.54. The first kappa shape index (κ1) is 21.2. The van der Waals surface area contributed by atoms with Crippen molar-refractivity contribution in [1.82, 2.24) is 20.7 Å². The molecule has 2 aliphatic rings. The number of aromatic nitrogens is 1. The Hall–Kier alpha value is -1.56. The van der Waals surface area contributed by atoms with E-state index in [1.807, 2.05) is 13.8 Å². The van der Waals surface area contributed by atoms with Crippen molar-refractivity contribution in [1.29, 1.82) is 0 Å². The molecule has 158 valence electrons. The Balaban J connectivity index is 1.62. The van der Waals surface area contributed by atoms with Gasteiger partial charge in [0.1, 0.15) is 5.76 Å². The molecule has 0 amide bonds. The first-order chi connectivity index (χ1) is 13.6. The third-order valence-corrected chi connectivity index (χ3v) is 6.54. The van der Waals surface area contributed by atoms with Crippen LogP contribution >= 0.6 is 0 Å². The number of aliphatic imine (C=N–C) groups is 1. The van der Waals surface area contributed by atoms with Crippen LogP contribution in [0, 0.1) is 13.8 Å². The van der Waals surface area contributed by atoms with E-state index in [-0.39, 0.29) is 5.54 Å². The lowest BCUT2D eigenvalue weighted by molar-refractivity contribution is 0.0407. The first-order valence-corrected chi connectivity index (χ1v) is 11.3. The van der Waals surface area contributed by atoms with Crippen molar-refractivity contribution in [2.24, 2.45) is 4.99 Å². The minimum Gasteiger partial charge on any atom is -0.361 e. The van der Waals surface area contributed by atoms with E-state index < -0.39 is 0 Å². The molecule has 0 unspecified atom stereocenters. The predicted molar refractivity (Wildman–Crippen MR) is 115 cm³/mol. The van der Waals surface area contributed by atoms with Crippen LogP contribution in [0.3, 0.4) is 0 Å². The number of hydrogen-bond donors (Lipinski definition) is 2. The van der Waals surface area contributed by atoms with Gasteiger partial charge in [-0.2, -0.15) is 0 Å². The lowest BCUT2D eigenvalue weighted by atomic mass is 9.79.